The molecule has 1 fully saturated rings. The topological polar surface area (TPSA) is 62.4 Å². The van der Waals surface area contributed by atoms with Crippen molar-refractivity contribution in [3.05, 3.63) is 29.8 Å². The first-order valence-electron chi connectivity index (χ1n) is 7.31. The number of methoxy groups -OCH3 is 1. The monoisotopic (exact) mass is 331 g/mol. The third-order valence-electron chi connectivity index (χ3n) is 3.82. The van der Waals surface area contributed by atoms with Crippen molar-refractivity contribution in [3.63, 3.8) is 0 Å². The molecule has 0 bridgehead atoms. The third-order valence-corrected chi connectivity index (χ3v) is 3.82. The van der Waals surface area contributed by atoms with Crippen molar-refractivity contribution >= 4 is 11.7 Å². The van der Waals surface area contributed by atoms with Crippen molar-refractivity contribution < 1.29 is 22.7 Å². The standard InChI is InChI=1S/C15H20F3N3O2/c1-23-10-14(7-4-8-20-14)9-19-13(22)21-12-6-3-2-5-11(12)15(16,17)18/h2-3,5-6,20H,4,7-10H2,1H3,(H2,19,21,22). The SMILES string of the molecule is COCC1(CNC(=O)Nc2ccccc2C(F)(F)F)CCCN1. The summed E-state index contributed by atoms with van der Waals surface area (Å²) in [6, 6.07) is 4.20. The fourth-order valence-corrected chi connectivity index (χ4v) is 2.73. The number of para-hydroxylation sites is 1. The van der Waals surface area contributed by atoms with Gasteiger partial charge in [0.2, 0.25) is 0 Å². The number of urea groups is 1. The molecule has 128 valence electrons. The first-order chi connectivity index (χ1) is 10.9. The Bertz CT molecular complexity index is 543. The van der Waals surface area contributed by atoms with Crippen LogP contribution in [0.4, 0.5) is 23.7 Å². The van der Waals surface area contributed by atoms with Crippen LogP contribution in [0, 0.1) is 0 Å². The molecule has 1 aliphatic rings. The molecule has 8 heteroatoms. The molecule has 1 unspecified atom stereocenters. The molecule has 3 N–H and O–H groups in total. The molecule has 0 aromatic heterocycles. The summed E-state index contributed by atoms with van der Waals surface area (Å²) in [6.07, 6.45) is -2.72. The summed E-state index contributed by atoms with van der Waals surface area (Å²) >= 11 is 0. The lowest BCUT2D eigenvalue weighted by Gasteiger charge is -2.29. The van der Waals surface area contributed by atoms with Crippen LogP contribution in [-0.4, -0.2) is 38.4 Å². The molecule has 1 aromatic rings. The number of anilines is 1. The molecular weight excluding hydrogens is 311 g/mol. The summed E-state index contributed by atoms with van der Waals surface area (Å²) in [5.74, 6) is 0. The minimum atomic E-state index is -4.52. The number of carbonyl (C=O) groups excluding carboxylic acids is 1. The Balaban J connectivity index is 1.98. The highest BCUT2D eigenvalue weighted by Crippen LogP contribution is 2.34. The molecule has 0 aliphatic carbocycles. The number of nitrogens with one attached hydrogen (secondary N) is 3. The normalized spacial score (nSPS) is 21.2. The van der Waals surface area contributed by atoms with Gasteiger partial charge in [-0.1, -0.05) is 12.1 Å². The fraction of sp³-hybridized carbons (Fsp3) is 0.533. The van der Waals surface area contributed by atoms with Crippen LogP contribution in [0.1, 0.15) is 18.4 Å². The zero-order valence-electron chi connectivity index (χ0n) is 12.8. The second-order valence-corrected chi connectivity index (χ2v) is 5.59. The van der Waals surface area contributed by atoms with Crippen molar-refractivity contribution in [1.29, 1.82) is 0 Å². The summed E-state index contributed by atoms with van der Waals surface area (Å²) in [4.78, 5) is 11.9. The highest BCUT2D eigenvalue weighted by Gasteiger charge is 2.35. The summed E-state index contributed by atoms with van der Waals surface area (Å²) < 4.78 is 43.8. The summed E-state index contributed by atoms with van der Waals surface area (Å²) in [7, 11) is 1.57. The average Bonchev–Trinajstić information content (AvgIpc) is 2.94. The lowest BCUT2D eigenvalue weighted by atomic mass is 9.99. The van der Waals surface area contributed by atoms with Gasteiger partial charge < -0.3 is 20.7 Å². The predicted octanol–water partition coefficient (Wildman–Crippen LogP) is 2.60. The smallest absolute Gasteiger partial charge is 0.383 e. The van der Waals surface area contributed by atoms with Crippen LogP contribution < -0.4 is 16.0 Å². The molecule has 1 heterocycles. The molecular formula is C15H20F3N3O2. The molecule has 0 radical (unpaired) electrons. The number of carbonyl (C=O) groups is 1. The van der Waals surface area contributed by atoms with Crippen LogP contribution in [0.25, 0.3) is 0 Å². The van der Waals surface area contributed by atoms with E-state index >= 15 is 0 Å². The van der Waals surface area contributed by atoms with E-state index in [2.05, 4.69) is 16.0 Å². The number of benzene rings is 1. The first-order valence-corrected chi connectivity index (χ1v) is 7.31. The highest BCUT2D eigenvalue weighted by molar-refractivity contribution is 5.90. The predicted molar refractivity (Wildman–Crippen MR) is 80.3 cm³/mol. The van der Waals surface area contributed by atoms with Gasteiger partial charge in [-0.05, 0) is 31.5 Å². The van der Waals surface area contributed by atoms with Crippen LogP contribution in [0.15, 0.2) is 24.3 Å². The minimum Gasteiger partial charge on any atom is -0.383 e. The van der Waals surface area contributed by atoms with E-state index in [1.165, 1.54) is 18.2 Å². The van der Waals surface area contributed by atoms with E-state index < -0.39 is 17.8 Å². The summed E-state index contributed by atoms with van der Waals surface area (Å²) in [6.45, 7) is 1.52. The lowest BCUT2D eigenvalue weighted by molar-refractivity contribution is -0.136. The summed E-state index contributed by atoms with van der Waals surface area (Å²) in [5.41, 5.74) is -1.51. The van der Waals surface area contributed by atoms with Crippen LogP contribution in [0.5, 0.6) is 0 Å². The van der Waals surface area contributed by atoms with Crippen molar-refractivity contribution in [2.24, 2.45) is 0 Å². The largest absolute Gasteiger partial charge is 0.418 e. The van der Waals surface area contributed by atoms with Crippen LogP contribution in [0.3, 0.4) is 0 Å². The van der Waals surface area contributed by atoms with Crippen LogP contribution in [0.2, 0.25) is 0 Å². The van der Waals surface area contributed by atoms with Gasteiger partial charge in [0, 0.05) is 13.7 Å². The van der Waals surface area contributed by atoms with E-state index in [9.17, 15) is 18.0 Å². The zero-order valence-corrected chi connectivity index (χ0v) is 12.8. The molecule has 2 rings (SSSR count). The first kappa shape index (κ1) is 17.6. The van der Waals surface area contributed by atoms with Crippen LogP contribution >= 0.6 is 0 Å². The Hall–Kier alpha value is -1.80. The molecule has 23 heavy (non-hydrogen) atoms. The molecule has 5 nitrogen and oxygen atoms in total. The maximum absolute atomic E-state index is 12.9. The average molecular weight is 331 g/mol. The maximum Gasteiger partial charge on any atom is 0.418 e. The van der Waals surface area contributed by atoms with Gasteiger partial charge in [0.25, 0.3) is 0 Å². The molecule has 1 aromatic carbocycles. The van der Waals surface area contributed by atoms with Crippen LogP contribution in [-0.2, 0) is 10.9 Å². The molecule has 0 spiro atoms. The van der Waals surface area contributed by atoms with Gasteiger partial charge in [-0.3, -0.25) is 0 Å². The molecule has 2 amide bonds. The maximum atomic E-state index is 12.9. The van der Waals surface area contributed by atoms with E-state index in [1.54, 1.807) is 7.11 Å². The number of rotatable bonds is 5. The van der Waals surface area contributed by atoms with E-state index in [4.69, 9.17) is 4.74 Å². The van der Waals surface area contributed by atoms with E-state index in [0.717, 1.165) is 25.5 Å². The molecule has 0 saturated carbocycles. The third kappa shape index (κ3) is 4.59. The second kappa shape index (κ2) is 7.18. The Morgan fingerprint density at radius 3 is 2.74 bits per heavy atom. The van der Waals surface area contributed by atoms with Gasteiger partial charge in [0.1, 0.15) is 0 Å². The number of amides is 2. The van der Waals surface area contributed by atoms with E-state index in [0.29, 0.717) is 6.61 Å². The number of ether oxygens (including phenoxy) is 1. The van der Waals surface area contributed by atoms with E-state index in [-0.39, 0.29) is 17.8 Å². The van der Waals surface area contributed by atoms with Crippen molar-refractivity contribution in [1.82, 2.24) is 10.6 Å². The molecule has 1 aliphatic heterocycles. The fourth-order valence-electron chi connectivity index (χ4n) is 2.73. The number of alkyl halides is 3. The van der Waals surface area contributed by atoms with Gasteiger partial charge in [-0.25, -0.2) is 4.79 Å². The zero-order chi connectivity index (χ0) is 16.9. The molecule has 1 saturated heterocycles. The Labute approximate surface area is 132 Å². The number of halogens is 3. The quantitative estimate of drug-likeness (QED) is 0.777. The molecule has 1 atom stereocenters. The minimum absolute atomic E-state index is 0.266. The Morgan fingerprint density at radius 2 is 2.13 bits per heavy atom. The van der Waals surface area contributed by atoms with E-state index in [1.807, 2.05) is 0 Å². The van der Waals surface area contributed by atoms with Gasteiger partial charge in [-0.2, -0.15) is 13.2 Å². The van der Waals surface area contributed by atoms with Gasteiger partial charge in [-0.15, -0.1) is 0 Å². The Morgan fingerprint density at radius 1 is 1.39 bits per heavy atom. The highest BCUT2D eigenvalue weighted by atomic mass is 19.4. The summed E-state index contributed by atoms with van der Waals surface area (Å²) in [5, 5.41) is 8.16. The van der Waals surface area contributed by atoms with Crippen molar-refractivity contribution in [2.75, 3.05) is 32.1 Å². The lowest BCUT2D eigenvalue weighted by Crippen LogP contribution is -2.53. The van der Waals surface area contributed by atoms with Gasteiger partial charge >= 0.3 is 12.2 Å². The second-order valence-electron chi connectivity index (χ2n) is 5.59. The number of hydrogen-bond donors (Lipinski definition) is 3. The number of hydrogen-bond acceptors (Lipinski definition) is 3. The van der Waals surface area contributed by atoms with Crippen molar-refractivity contribution in [2.45, 2.75) is 24.6 Å². The Kier molecular flexibility index (Phi) is 5.48. The van der Waals surface area contributed by atoms with Crippen molar-refractivity contribution in [3.8, 4) is 0 Å². The van der Waals surface area contributed by atoms with Gasteiger partial charge in [0.05, 0.1) is 23.4 Å². The van der Waals surface area contributed by atoms with Gasteiger partial charge in [0.15, 0.2) is 0 Å².